The highest BCUT2D eigenvalue weighted by Crippen LogP contribution is 2.45. The van der Waals surface area contributed by atoms with Gasteiger partial charge in [0.1, 0.15) is 5.69 Å². The molecule has 1 fully saturated rings. The van der Waals surface area contributed by atoms with Crippen molar-refractivity contribution < 1.29 is 14.7 Å². The molecule has 0 saturated heterocycles. The Balaban J connectivity index is 2.08. The van der Waals surface area contributed by atoms with Crippen molar-refractivity contribution in [3.8, 4) is 0 Å². The Morgan fingerprint density at radius 2 is 2.15 bits per heavy atom. The summed E-state index contributed by atoms with van der Waals surface area (Å²) < 4.78 is 0. The van der Waals surface area contributed by atoms with Crippen molar-refractivity contribution in [1.82, 2.24) is 15.5 Å². The first-order valence-electron chi connectivity index (χ1n) is 6.87. The Kier molecular flexibility index (Phi) is 3.83. The Morgan fingerprint density at radius 1 is 1.45 bits per heavy atom. The molecule has 1 heterocycles. The number of hydrogen-bond donors (Lipinski definition) is 3. The largest absolute Gasteiger partial charge is 0.481 e. The van der Waals surface area contributed by atoms with Crippen LogP contribution < -0.4 is 5.32 Å². The van der Waals surface area contributed by atoms with Crippen molar-refractivity contribution in [2.75, 3.05) is 0 Å². The standard InChI is InChI=1S/C14H21N3O3/c1-8-10(16-12(18)11-6-7-15-17-11)5-4-9(13(19)20)14(8,2)3/h6-10H,4-5H2,1-3H3,(H,15,17)(H,16,18)(H,19,20). The summed E-state index contributed by atoms with van der Waals surface area (Å²) in [7, 11) is 0. The van der Waals surface area contributed by atoms with E-state index in [2.05, 4.69) is 15.5 Å². The lowest BCUT2D eigenvalue weighted by molar-refractivity contribution is -0.150. The van der Waals surface area contributed by atoms with Crippen molar-refractivity contribution in [2.24, 2.45) is 17.3 Å². The van der Waals surface area contributed by atoms with E-state index >= 15 is 0 Å². The third-order valence-corrected chi connectivity index (χ3v) is 4.80. The quantitative estimate of drug-likeness (QED) is 0.784. The molecule has 0 radical (unpaired) electrons. The second-order valence-corrected chi connectivity index (χ2v) is 6.13. The fourth-order valence-electron chi connectivity index (χ4n) is 3.07. The minimum absolute atomic E-state index is 0.0172. The molecule has 1 amide bonds. The SMILES string of the molecule is CC1C(NC(=O)c2ccn[nH]2)CCC(C(=O)O)C1(C)C. The van der Waals surface area contributed by atoms with E-state index in [0.717, 1.165) is 0 Å². The van der Waals surface area contributed by atoms with Crippen LogP contribution in [0.25, 0.3) is 0 Å². The van der Waals surface area contributed by atoms with Crippen molar-refractivity contribution >= 4 is 11.9 Å². The number of nitrogens with one attached hydrogen (secondary N) is 2. The van der Waals surface area contributed by atoms with E-state index in [4.69, 9.17) is 0 Å². The Hall–Kier alpha value is -1.85. The fraction of sp³-hybridized carbons (Fsp3) is 0.643. The molecule has 0 aliphatic heterocycles. The second-order valence-electron chi connectivity index (χ2n) is 6.13. The molecule has 0 bridgehead atoms. The van der Waals surface area contributed by atoms with Crippen LogP contribution in [0.1, 0.15) is 44.1 Å². The summed E-state index contributed by atoms with van der Waals surface area (Å²) in [4.78, 5) is 23.4. The summed E-state index contributed by atoms with van der Waals surface area (Å²) in [5, 5.41) is 18.7. The number of carboxylic acids is 1. The van der Waals surface area contributed by atoms with Crippen LogP contribution in [0.3, 0.4) is 0 Å². The molecule has 0 aromatic carbocycles. The summed E-state index contributed by atoms with van der Waals surface area (Å²) in [6, 6.07) is 1.60. The molecule has 3 unspecified atom stereocenters. The Labute approximate surface area is 118 Å². The second kappa shape index (κ2) is 5.26. The van der Waals surface area contributed by atoms with Crippen LogP contribution in [0.2, 0.25) is 0 Å². The minimum Gasteiger partial charge on any atom is -0.481 e. The number of rotatable bonds is 3. The van der Waals surface area contributed by atoms with Crippen LogP contribution in [0.15, 0.2) is 12.3 Å². The first-order valence-corrected chi connectivity index (χ1v) is 6.87. The summed E-state index contributed by atoms with van der Waals surface area (Å²) >= 11 is 0. The van der Waals surface area contributed by atoms with Crippen molar-refractivity contribution in [1.29, 1.82) is 0 Å². The van der Waals surface area contributed by atoms with Gasteiger partial charge in [-0.05, 0) is 30.2 Å². The summed E-state index contributed by atoms with van der Waals surface area (Å²) in [6.07, 6.45) is 2.80. The van der Waals surface area contributed by atoms with Gasteiger partial charge in [0.2, 0.25) is 0 Å². The molecule has 1 aromatic rings. The van der Waals surface area contributed by atoms with E-state index < -0.39 is 5.97 Å². The monoisotopic (exact) mass is 279 g/mol. The van der Waals surface area contributed by atoms with Crippen molar-refractivity contribution in [3.05, 3.63) is 18.0 Å². The molecule has 0 spiro atoms. The number of carbonyl (C=O) groups excluding carboxylic acids is 1. The predicted molar refractivity (Wildman–Crippen MR) is 73.1 cm³/mol. The molecule has 6 heteroatoms. The van der Waals surface area contributed by atoms with Crippen LogP contribution in [-0.2, 0) is 4.79 Å². The topological polar surface area (TPSA) is 95.1 Å². The summed E-state index contributed by atoms with van der Waals surface area (Å²) in [6.45, 7) is 5.93. The smallest absolute Gasteiger partial charge is 0.307 e. The van der Waals surface area contributed by atoms with E-state index in [9.17, 15) is 14.7 Å². The molecule has 110 valence electrons. The minimum atomic E-state index is -0.750. The first kappa shape index (κ1) is 14.6. The number of nitrogens with zero attached hydrogens (tertiary/aromatic N) is 1. The maximum Gasteiger partial charge on any atom is 0.307 e. The van der Waals surface area contributed by atoms with Crippen molar-refractivity contribution in [2.45, 2.75) is 39.7 Å². The number of aromatic amines is 1. The van der Waals surface area contributed by atoms with Gasteiger partial charge in [0.05, 0.1) is 5.92 Å². The van der Waals surface area contributed by atoms with Crippen LogP contribution in [0.5, 0.6) is 0 Å². The number of carboxylic acid groups (broad SMARTS) is 1. The van der Waals surface area contributed by atoms with E-state index in [1.807, 2.05) is 20.8 Å². The molecular formula is C14H21N3O3. The van der Waals surface area contributed by atoms with Crippen LogP contribution >= 0.6 is 0 Å². The van der Waals surface area contributed by atoms with E-state index in [-0.39, 0.29) is 29.2 Å². The molecule has 6 nitrogen and oxygen atoms in total. The van der Waals surface area contributed by atoms with Gasteiger partial charge in [-0.3, -0.25) is 14.7 Å². The highest BCUT2D eigenvalue weighted by molar-refractivity contribution is 5.92. The molecule has 2 rings (SSSR count). The molecule has 1 aliphatic carbocycles. The molecular weight excluding hydrogens is 258 g/mol. The zero-order valence-electron chi connectivity index (χ0n) is 12.0. The van der Waals surface area contributed by atoms with Gasteiger partial charge in [0, 0.05) is 12.2 Å². The average Bonchev–Trinajstić information content (AvgIpc) is 2.88. The molecule has 1 aliphatic rings. The van der Waals surface area contributed by atoms with Crippen LogP contribution in [0, 0.1) is 17.3 Å². The normalized spacial score (nSPS) is 28.9. The van der Waals surface area contributed by atoms with Gasteiger partial charge >= 0.3 is 5.97 Å². The van der Waals surface area contributed by atoms with Gasteiger partial charge in [0.15, 0.2) is 0 Å². The maximum atomic E-state index is 12.0. The molecule has 20 heavy (non-hydrogen) atoms. The van der Waals surface area contributed by atoms with Gasteiger partial charge in [-0.25, -0.2) is 0 Å². The maximum absolute atomic E-state index is 12.0. The predicted octanol–water partition coefficient (Wildman–Crippen LogP) is 1.66. The summed E-state index contributed by atoms with van der Waals surface area (Å²) in [5.74, 6) is -1.22. The molecule has 3 N–H and O–H groups in total. The fourth-order valence-corrected chi connectivity index (χ4v) is 3.07. The first-order chi connectivity index (χ1) is 9.34. The van der Waals surface area contributed by atoms with Gasteiger partial charge in [0.25, 0.3) is 5.91 Å². The number of hydrogen-bond acceptors (Lipinski definition) is 3. The zero-order valence-corrected chi connectivity index (χ0v) is 12.0. The zero-order chi connectivity index (χ0) is 14.9. The van der Waals surface area contributed by atoms with Crippen LogP contribution in [0.4, 0.5) is 0 Å². The number of aromatic nitrogens is 2. The van der Waals surface area contributed by atoms with Gasteiger partial charge < -0.3 is 10.4 Å². The Morgan fingerprint density at radius 3 is 2.70 bits per heavy atom. The molecule has 1 aromatic heterocycles. The molecule has 3 atom stereocenters. The lowest BCUT2D eigenvalue weighted by atomic mass is 9.61. The van der Waals surface area contributed by atoms with E-state index in [1.165, 1.54) is 6.20 Å². The number of amides is 1. The third kappa shape index (κ3) is 2.55. The average molecular weight is 279 g/mol. The van der Waals surface area contributed by atoms with Crippen molar-refractivity contribution in [3.63, 3.8) is 0 Å². The molecule has 1 saturated carbocycles. The summed E-state index contributed by atoms with van der Waals surface area (Å²) in [5.41, 5.74) is 0.0751. The lowest BCUT2D eigenvalue weighted by Gasteiger charge is -2.46. The van der Waals surface area contributed by atoms with Gasteiger partial charge in [-0.2, -0.15) is 5.10 Å². The third-order valence-electron chi connectivity index (χ3n) is 4.80. The van der Waals surface area contributed by atoms with E-state index in [0.29, 0.717) is 18.5 Å². The Bertz CT molecular complexity index is 496. The van der Waals surface area contributed by atoms with Gasteiger partial charge in [-0.1, -0.05) is 20.8 Å². The highest BCUT2D eigenvalue weighted by atomic mass is 16.4. The van der Waals surface area contributed by atoms with Crippen LogP contribution in [-0.4, -0.2) is 33.2 Å². The number of aliphatic carboxylic acids is 1. The number of H-pyrrole nitrogens is 1. The number of carbonyl (C=O) groups is 2. The highest BCUT2D eigenvalue weighted by Gasteiger charge is 2.46. The van der Waals surface area contributed by atoms with E-state index in [1.54, 1.807) is 6.07 Å². The van der Waals surface area contributed by atoms with Gasteiger partial charge in [-0.15, -0.1) is 0 Å². The lowest BCUT2D eigenvalue weighted by Crippen LogP contribution is -2.52.